The van der Waals surface area contributed by atoms with Crippen LogP contribution in [-0.4, -0.2) is 0 Å². The first-order valence-electron chi connectivity index (χ1n) is 2.58. The van der Waals surface area contributed by atoms with Crippen molar-refractivity contribution in [2.75, 3.05) is 3.94 Å². The monoisotopic (exact) mass is 239 g/mol. The van der Waals surface area contributed by atoms with E-state index in [9.17, 15) is 0 Å². The Morgan fingerprint density at radius 3 is 2.20 bits per heavy atom. The van der Waals surface area contributed by atoms with Crippen LogP contribution in [0.2, 0.25) is 0 Å². The van der Waals surface area contributed by atoms with Gasteiger partial charge in [-0.2, -0.15) is 3.94 Å². The second-order valence-electron chi connectivity index (χ2n) is 1.68. The van der Waals surface area contributed by atoms with Crippen molar-refractivity contribution in [3.63, 3.8) is 0 Å². The van der Waals surface area contributed by atoms with Gasteiger partial charge in [0.25, 0.3) is 0 Å². The van der Waals surface area contributed by atoms with Crippen LogP contribution in [-0.2, 0) is 0 Å². The zero-order valence-corrected chi connectivity index (χ0v) is 7.99. The van der Waals surface area contributed by atoms with Gasteiger partial charge in [-0.1, -0.05) is 12.1 Å². The Morgan fingerprint density at radius 2 is 1.80 bits per heavy atom. The molecule has 4 heteroatoms. The van der Waals surface area contributed by atoms with Gasteiger partial charge in [-0.3, -0.25) is 0 Å². The second kappa shape index (κ2) is 3.46. The van der Waals surface area contributed by atoms with Gasteiger partial charge in [0.1, 0.15) is 0 Å². The summed E-state index contributed by atoms with van der Waals surface area (Å²) in [6, 6.07) is 7.43. The van der Waals surface area contributed by atoms with E-state index in [1.807, 2.05) is 24.3 Å². The molecular weight excluding hydrogens is 237 g/mol. The molecule has 0 bridgehead atoms. The molecule has 0 saturated carbocycles. The van der Waals surface area contributed by atoms with E-state index in [1.54, 1.807) is 0 Å². The highest BCUT2D eigenvalue weighted by molar-refractivity contribution is 9.10. The number of nitrogens with zero attached hydrogens (tertiary/aromatic N) is 1. The SMILES string of the molecule is ClN(Cl)c1ccccc1Br. The average molecular weight is 241 g/mol. The fourth-order valence-corrected chi connectivity index (χ4v) is 1.55. The molecule has 1 rings (SSSR count). The summed E-state index contributed by atoms with van der Waals surface area (Å²) < 4.78 is 1.89. The summed E-state index contributed by atoms with van der Waals surface area (Å²) in [7, 11) is 0. The molecule has 0 aromatic heterocycles. The standard InChI is InChI=1S/C6H4BrCl2N/c7-5-3-1-2-4-6(5)10(8)9/h1-4H. The molecule has 0 atom stereocenters. The van der Waals surface area contributed by atoms with Gasteiger partial charge >= 0.3 is 0 Å². The average Bonchev–Trinajstić information content (AvgIpc) is 1.88. The van der Waals surface area contributed by atoms with E-state index in [-0.39, 0.29) is 0 Å². The third kappa shape index (κ3) is 1.78. The van der Waals surface area contributed by atoms with E-state index in [2.05, 4.69) is 15.9 Å². The third-order valence-corrected chi connectivity index (χ3v) is 2.07. The summed E-state index contributed by atoms with van der Waals surface area (Å²) in [6.45, 7) is 0. The van der Waals surface area contributed by atoms with Gasteiger partial charge in [0.2, 0.25) is 0 Å². The largest absolute Gasteiger partial charge is 0.193 e. The summed E-state index contributed by atoms with van der Waals surface area (Å²) in [5.74, 6) is 0. The maximum atomic E-state index is 5.48. The predicted octanol–water partition coefficient (Wildman–Crippen LogP) is 3.56. The van der Waals surface area contributed by atoms with E-state index in [0.717, 1.165) is 14.1 Å². The maximum Gasteiger partial charge on any atom is 0.0851 e. The molecule has 1 aromatic rings. The van der Waals surface area contributed by atoms with Crippen molar-refractivity contribution in [1.29, 1.82) is 0 Å². The summed E-state index contributed by atoms with van der Waals surface area (Å²) in [6.07, 6.45) is 0. The van der Waals surface area contributed by atoms with E-state index in [4.69, 9.17) is 23.6 Å². The fourth-order valence-electron chi connectivity index (χ4n) is 0.589. The third-order valence-electron chi connectivity index (χ3n) is 1.03. The van der Waals surface area contributed by atoms with Gasteiger partial charge in [-0.25, -0.2) is 0 Å². The lowest BCUT2D eigenvalue weighted by Crippen LogP contribution is -1.91. The minimum Gasteiger partial charge on any atom is -0.193 e. The van der Waals surface area contributed by atoms with Crippen LogP contribution in [0.1, 0.15) is 0 Å². The first kappa shape index (κ1) is 8.18. The van der Waals surface area contributed by atoms with Crippen LogP contribution >= 0.6 is 39.5 Å². The minimum absolute atomic E-state index is 0.742. The van der Waals surface area contributed by atoms with Gasteiger partial charge < -0.3 is 0 Å². The van der Waals surface area contributed by atoms with E-state index < -0.39 is 0 Å². The quantitative estimate of drug-likeness (QED) is 0.679. The number of para-hydroxylation sites is 1. The van der Waals surface area contributed by atoms with Crippen LogP contribution in [0.25, 0.3) is 0 Å². The Bertz CT molecular complexity index is 227. The molecule has 0 unspecified atom stereocenters. The molecule has 0 saturated heterocycles. The van der Waals surface area contributed by atoms with Crippen molar-refractivity contribution in [3.8, 4) is 0 Å². The highest BCUT2D eigenvalue weighted by Gasteiger charge is 2.01. The molecule has 0 spiro atoms. The summed E-state index contributed by atoms with van der Waals surface area (Å²) in [5, 5.41) is 0. The molecule has 0 heterocycles. The molecule has 0 aliphatic heterocycles. The maximum absolute atomic E-state index is 5.48. The topological polar surface area (TPSA) is 3.24 Å². The smallest absolute Gasteiger partial charge is 0.0851 e. The number of rotatable bonds is 1. The van der Waals surface area contributed by atoms with Crippen molar-refractivity contribution in [2.24, 2.45) is 0 Å². The molecule has 10 heavy (non-hydrogen) atoms. The van der Waals surface area contributed by atoms with Crippen molar-refractivity contribution in [3.05, 3.63) is 28.7 Å². The van der Waals surface area contributed by atoms with Crippen LogP contribution in [0.5, 0.6) is 0 Å². The Balaban J connectivity index is 3.03. The molecule has 0 radical (unpaired) electrons. The molecule has 0 aliphatic rings. The van der Waals surface area contributed by atoms with Gasteiger partial charge in [0.15, 0.2) is 0 Å². The molecule has 0 amide bonds. The fraction of sp³-hybridized carbons (Fsp3) is 0. The van der Waals surface area contributed by atoms with Crippen molar-refractivity contribution in [1.82, 2.24) is 0 Å². The van der Waals surface area contributed by atoms with Gasteiger partial charge in [0, 0.05) is 28.0 Å². The van der Waals surface area contributed by atoms with Crippen LogP contribution in [0, 0.1) is 0 Å². The zero-order chi connectivity index (χ0) is 7.56. The van der Waals surface area contributed by atoms with Gasteiger partial charge in [-0.15, -0.1) is 0 Å². The normalized spacial score (nSPS) is 9.50. The number of halogens is 3. The zero-order valence-electron chi connectivity index (χ0n) is 4.89. The number of benzene rings is 1. The molecule has 0 N–H and O–H groups in total. The summed E-state index contributed by atoms with van der Waals surface area (Å²) >= 11 is 14.2. The van der Waals surface area contributed by atoms with Gasteiger partial charge in [-0.05, 0) is 28.1 Å². The lowest BCUT2D eigenvalue weighted by Gasteiger charge is -2.06. The van der Waals surface area contributed by atoms with Gasteiger partial charge in [0.05, 0.1) is 5.69 Å². The summed E-state index contributed by atoms with van der Waals surface area (Å²) in [4.78, 5) is 0. The van der Waals surface area contributed by atoms with E-state index in [0.29, 0.717) is 0 Å². The van der Waals surface area contributed by atoms with Crippen molar-refractivity contribution in [2.45, 2.75) is 0 Å². The Kier molecular flexibility index (Phi) is 2.83. The van der Waals surface area contributed by atoms with Crippen molar-refractivity contribution < 1.29 is 0 Å². The van der Waals surface area contributed by atoms with Crippen molar-refractivity contribution >= 4 is 45.2 Å². The highest BCUT2D eigenvalue weighted by atomic mass is 79.9. The predicted molar refractivity (Wildman–Crippen MR) is 48.3 cm³/mol. The first-order valence-corrected chi connectivity index (χ1v) is 4.05. The van der Waals surface area contributed by atoms with Crippen LogP contribution in [0.4, 0.5) is 5.69 Å². The highest BCUT2D eigenvalue weighted by Crippen LogP contribution is 2.27. The molecule has 0 aliphatic carbocycles. The minimum atomic E-state index is 0.742. The Labute approximate surface area is 77.9 Å². The number of hydrogen-bond donors (Lipinski definition) is 0. The molecule has 1 aromatic carbocycles. The molecule has 0 fully saturated rings. The van der Waals surface area contributed by atoms with E-state index >= 15 is 0 Å². The summed E-state index contributed by atoms with van der Waals surface area (Å²) in [5.41, 5.74) is 0.742. The number of anilines is 1. The van der Waals surface area contributed by atoms with Crippen LogP contribution < -0.4 is 3.94 Å². The lowest BCUT2D eigenvalue weighted by atomic mass is 10.3. The number of hydrogen-bond acceptors (Lipinski definition) is 1. The lowest BCUT2D eigenvalue weighted by molar-refractivity contribution is 1.54. The first-order chi connectivity index (χ1) is 4.72. The molecule has 54 valence electrons. The van der Waals surface area contributed by atoms with E-state index in [1.165, 1.54) is 0 Å². The van der Waals surface area contributed by atoms with Crippen LogP contribution in [0.15, 0.2) is 28.7 Å². The molecular formula is C6H4BrCl2N. The van der Waals surface area contributed by atoms with Crippen LogP contribution in [0.3, 0.4) is 0 Å². The second-order valence-corrected chi connectivity index (χ2v) is 3.39. The Morgan fingerprint density at radius 1 is 1.20 bits per heavy atom. The molecule has 1 nitrogen and oxygen atoms in total. The Hall–Kier alpha value is 0.0800.